The molecule has 2 aromatic rings. The van der Waals surface area contributed by atoms with Crippen molar-refractivity contribution in [1.82, 2.24) is 14.8 Å². The average Bonchev–Trinajstić information content (AvgIpc) is 3.42. The molecule has 1 heterocycles. The van der Waals surface area contributed by atoms with Crippen molar-refractivity contribution in [3.8, 4) is 17.9 Å². The van der Waals surface area contributed by atoms with Crippen molar-refractivity contribution < 1.29 is 4.74 Å². The second-order valence-electron chi connectivity index (χ2n) is 6.05. The highest BCUT2D eigenvalue weighted by Crippen LogP contribution is 2.39. The number of para-hydroxylation sites is 1. The van der Waals surface area contributed by atoms with Gasteiger partial charge in [-0.1, -0.05) is 35.5 Å². The number of nitriles is 2. The molecule has 6 nitrogen and oxygen atoms in total. The van der Waals surface area contributed by atoms with Crippen LogP contribution in [0.3, 0.4) is 0 Å². The van der Waals surface area contributed by atoms with Gasteiger partial charge in [0.2, 0.25) is 0 Å². The molecule has 26 heavy (non-hydrogen) atoms. The number of halogens is 1. The van der Waals surface area contributed by atoms with Crippen LogP contribution in [0, 0.1) is 28.6 Å². The van der Waals surface area contributed by atoms with E-state index in [0.717, 1.165) is 23.8 Å². The highest BCUT2D eigenvalue weighted by atomic mass is 35.5. The molecule has 1 aromatic carbocycles. The molecule has 0 radical (unpaired) electrons. The third-order valence-corrected chi connectivity index (χ3v) is 5.46. The second-order valence-corrected chi connectivity index (χ2v) is 7.45. The van der Waals surface area contributed by atoms with E-state index in [0.29, 0.717) is 42.0 Å². The Morgan fingerprint density at radius 3 is 2.81 bits per heavy atom. The quantitative estimate of drug-likeness (QED) is 0.593. The summed E-state index contributed by atoms with van der Waals surface area (Å²) in [6.45, 7) is 0.296. The van der Waals surface area contributed by atoms with Gasteiger partial charge in [-0.15, -0.1) is 10.2 Å². The van der Waals surface area contributed by atoms with Crippen LogP contribution < -0.4 is 4.74 Å². The Balaban J connectivity index is 1.66. The lowest BCUT2D eigenvalue weighted by molar-refractivity contribution is 0.288. The molecule has 8 heteroatoms. The largest absolute Gasteiger partial charge is 0.484 e. The number of benzene rings is 1. The van der Waals surface area contributed by atoms with Gasteiger partial charge in [-0.05, 0) is 31.4 Å². The van der Waals surface area contributed by atoms with E-state index in [9.17, 15) is 5.26 Å². The minimum Gasteiger partial charge on any atom is -0.484 e. The minimum atomic E-state index is -0.160. The molecule has 1 aliphatic rings. The first-order chi connectivity index (χ1) is 12.7. The summed E-state index contributed by atoms with van der Waals surface area (Å²) < 4.78 is 7.91. The van der Waals surface area contributed by atoms with Crippen LogP contribution in [-0.2, 0) is 6.61 Å². The van der Waals surface area contributed by atoms with E-state index in [1.54, 1.807) is 6.07 Å². The highest BCUT2D eigenvalue weighted by Gasteiger charge is 2.30. The third-order valence-electron chi connectivity index (χ3n) is 4.04. The maximum Gasteiger partial charge on any atom is 0.191 e. The number of thioether (sulfide) groups is 1. The van der Waals surface area contributed by atoms with Crippen LogP contribution in [0.15, 0.2) is 29.4 Å². The third kappa shape index (κ3) is 4.69. The molecular formula is C18H18ClN5OS. The standard InChI is InChI=1S/C18H18ClN5OS/c19-15-5-1-2-6-16(15)25-11-17-22-23-18(24(17)14-7-8-14)26-12-13(10-21)4-3-9-20/h1-2,5-6,13-14H,3-4,7-8,11-12H2. The van der Waals surface area contributed by atoms with Crippen molar-refractivity contribution in [3.05, 3.63) is 35.1 Å². The molecule has 1 aromatic heterocycles. The average molecular weight is 388 g/mol. The second kappa shape index (κ2) is 8.93. The Bertz CT molecular complexity index is 837. The molecule has 1 aliphatic carbocycles. The first kappa shape index (κ1) is 18.6. The molecule has 3 rings (SSSR count). The van der Waals surface area contributed by atoms with E-state index >= 15 is 0 Å². The number of hydrogen-bond donors (Lipinski definition) is 0. The molecule has 0 spiro atoms. The molecule has 0 saturated heterocycles. The molecular weight excluding hydrogens is 370 g/mol. The molecule has 1 saturated carbocycles. The summed E-state index contributed by atoms with van der Waals surface area (Å²) >= 11 is 7.65. The Labute approximate surface area is 161 Å². The maximum atomic E-state index is 9.21. The van der Waals surface area contributed by atoms with Gasteiger partial charge >= 0.3 is 0 Å². The monoisotopic (exact) mass is 387 g/mol. The lowest BCUT2D eigenvalue weighted by Crippen LogP contribution is -2.08. The van der Waals surface area contributed by atoms with Crippen molar-refractivity contribution in [3.63, 3.8) is 0 Å². The zero-order chi connectivity index (χ0) is 18.4. The minimum absolute atomic E-state index is 0.160. The summed E-state index contributed by atoms with van der Waals surface area (Å²) in [5.74, 6) is 1.83. The molecule has 134 valence electrons. The lowest BCUT2D eigenvalue weighted by atomic mass is 10.1. The normalized spacial score (nSPS) is 14.4. The van der Waals surface area contributed by atoms with Gasteiger partial charge in [0, 0.05) is 18.2 Å². The molecule has 1 fully saturated rings. The van der Waals surface area contributed by atoms with Gasteiger partial charge in [0.05, 0.1) is 23.1 Å². The van der Waals surface area contributed by atoms with Crippen LogP contribution in [0.1, 0.15) is 37.5 Å². The molecule has 1 atom stereocenters. The predicted octanol–water partition coefficient (Wildman–Crippen LogP) is 4.38. The summed E-state index contributed by atoms with van der Waals surface area (Å²) in [6, 6.07) is 12.1. The Kier molecular flexibility index (Phi) is 6.38. The molecule has 0 N–H and O–H groups in total. The Morgan fingerprint density at radius 1 is 1.31 bits per heavy atom. The van der Waals surface area contributed by atoms with Gasteiger partial charge in [0.15, 0.2) is 11.0 Å². The van der Waals surface area contributed by atoms with Crippen molar-refractivity contribution >= 4 is 23.4 Å². The van der Waals surface area contributed by atoms with Crippen molar-refractivity contribution in [2.24, 2.45) is 5.92 Å². The van der Waals surface area contributed by atoms with Crippen LogP contribution in [0.4, 0.5) is 0 Å². The predicted molar refractivity (Wildman–Crippen MR) is 98.8 cm³/mol. The first-order valence-corrected chi connectivity index (χ1v) is 9.79. The summed E-state index contributed by atoms with van der Waals surface area (Å²) in [5, 5.41) is 27.8. The van der Waals surface area contributed by atoms with Crippen LogP contribution >= 0.6 is 23.4 Å². The number of ether oxygens (including phenoxy) is 1. The van der Waals surface area contributed by atoms with E-state index in [2.05, 4.69) is 26.9 Å². The molecule has 0 amide bonds. The fraction of sp³-hybridized carbons (Fsp3) is 0.444. The van der Waals surface area contributed by atoms with E-state index in [1.165, 1.54) is 11.8 Å². The lowest BCUT2D eigenvalue weighted by Gasteiger charge is -2.11. The highest BCUT2D eigenvalue weighted by molar-refractivity contribution is 7.99. The zero-order valence-corrected chi connectivity index (χ0v) is 15.7. The van der Waals surface area contributed by atoms with Gasteiger partial charge in [0.1, 0.15) is 12.4 Å². The van der Waals surface area contributed by atoms with Gasteiger partial charge in [-0.25, -0.2) is 0 Å². The van der Waals surface area contributed by atoms with Crippen molar-refractivity contribution in [2.45, 2.75) is 43.5 Å². The topological polar surface area (TPSA) is 87.5 Å². The fourth-order valence-corrected chi connectivity index (χ4v) is 3.78. The first-order valence-electron chi connectivity index (χ1n) is 8.43. The summed E-state index contributed by atoms with van der Waals surface area (Å²) in [7, 11) is 0. The SMILES string of the molecule is N#CCCC(C#N)CSc1nnc(COc2ccccc2Cl)n1C1CC1. The zero-order valence-electron chi connectivity index (χ0n) is 14.1. The smallest absolute Gasteiger partial charge is 0.191 e. The van der Waals surface area contributed by atoms with Crippen molar-refractivity contribution in [2.75, 3.05) is 5.75 Å². The number of nitrogens with zero attached hydrogens (tertiary/aromatic N) is 5. The fourth-order valence-electron chi connectivity index (χ4n) is 2.51. The van der Waals surface area contributed by atoms with Crippen LogP contribution in [0.25, 0.3) is 0 Å². The van der Waals surface area contributed by atoms with Gasteiger partial charge < -0.3 is 9.30 Å². The van der Waals surface area contributed by atoms with Gasteiger partial charge in [0.25, 0.3) is 0 Å². The van der Waals surface area contributed by atoms with Crippen molar-refractivity contribution in [1.29, 1.82) is 10.5 Å². The molecule has 0 aliphatic heterocycles. The molecule has 1 unspecified atom stereocenters. The van der Waals surface area contributed by atoms with E-state index < -0.39 is 0 Å². The van der Waals surface area contributed by atoms with Crippen LogP contribution in [-0.4, -0.2) is 20.5 Å². The maximum absolute atomic E-state index is 9.21. The Hall–Kier alpha value is -2.22. The van der Waals surface area contributed by atoms with E-state index in [4.69, 9.17) is 21.6 Å². The number of rotatable bonds is 9. The summed E-state index contributed by atoms with van der Waals surface area (Å²) in [6.07, 6.45) is 3.17. The van der Waals surface area contributed by atoms with Gasteiger partial charge in [-0.3, -0.25) is 0 Å². The van der Waals surface area contributed by atoms with Gasteiger partial charge in [-0.2, -0.15) is 10.5 Å². The van der Waals surface area contributed by atoms with Crippen LogP contribution in [0.5, 0.6) is 5.75 Å². The van der Waals surface area contributed by atoms with E-state index in [-0.39, 0.29) is 5.92 Å². The van der Waals surface area contributed by atoms with E-state index in [1.807, 2.05) is 18.2 Å². The summed E-state index contributed by atoms with van der Waals surface area (Å²) in [4.78, 5) is 0. The molecule has 0 bridgehead atoms. The Morgan fingerprint density at radius 2 is 2.12 bits per heavy atom. The van der Waals surface area contributed by atoms with Crippen LogP contribution in [0.2, 0.25) is 5.02 Å². The number of aromatic nitrogens is 3. The summed E-state index contributed by atoms with van der Waals surface area (Å²) in [5.41, 5.74) is 0. The number of hydrogen-bond acceptors (Lipinski definition) is 6.